The Labute approximate surface area is 131 Å². The van der Waals surface area contributed by atoms with Gasteiger partial charge in [-0.1, -0.05) is 5.16 Å². The van der Waals surface area contributed by atoms with Crippen molar-refractivity contribution in [3.8, 4) is 28.8 Å². The predicted molar refractivity (Wildman–Crippen MR) is 84.0 cm³/mol. The Bertz CT molecular complexity index is 973. The van der Waals surface area contributed by atoms with E-state index in [1.54, 1.807) is 19.5 Å². The van der Waals surface area contributed by atoms with Gasteiger partial charge in [-0.05, 0) is 37.3 Å². The number of nitrogens with zero attached hydrogens (tertiary/aromatic N) is 3. The van der Waals surface area contributed by atoms with E-state index < -0.39 is 0 Å². The highest BCUT2D eigenvalue weighted by atomic mass is 16.5. The zero-order chi connectivity index (χ0) is 15.8. The topological polar surface area (TPSA) is 74.2 Å². The Kier molecular flexibility index (Phi) is 3.08. The minimum Gasteiger partial charge on any atom is -0.497 e. The lowest BCUT2D eigenvalue weighted by Gasteiger charge is -1.97. The Morgan fingerprint density at radius 2 is 1.91 bits per heavy atom. The summed E-state index contributed by atoms with van der Waals surface area (Å²) in [6.45, 7) is 1.96. The summed E-state index contributed by atoms with van der Waals surface area (Å²) in [5.41, 5.74) is 2.52. The molecule has 0 N–H and O–H groups in total. The second-order valence-corrected chi connectivity index (χ2v) is 5.08. The number of benzene rings is 1. The monoisotopic (exact) mass is 307 g/mol. The maximum Gasteiger partial charge on any atom is 0.258 e. The van der Waals surface area contributed by atoms with Crippen LogP contribution in [0.5, 0.6) is 5.75 Å². The van der Waals surface area contributed by atoms with Gasteiger partial charge in [0.1, 0.15) is 11.3 Å². The van der Waals surface area contributed by atoms with Crippen LogP contribution in [0, 0.1) is 6.92 Å². The number of methoxy groups -OCH3 is 1. The molecule has 0 bridgehead atoms. The normalized spacial score (nSPS) is 11.0. The third-order valence-electron chi connectivity index (χ3n) is 3.70. The molecule has 0 atom stereocenters. The lowest BCUT2D eigenvalue weighted by molar-refractivity contribution is 0.415. The number of furan rings is 1. The first kappa shape index (κ1) is 13.5. The summed E-state index contributed by atoms with van der Waals surface area (Å²) >= 11 is 0. The van der Waals surface area contributed by atoms with Gasteiger partial charge in [-0.15, -0.1) is 0 Å². The summed E-state index contributed by atoms with van der Waals surface area (Å²) in [5, 5.41) is 5.00. The van der Waals surface area contributed by atoms with E-state index in [0.717, 1.165) is 27.8 Å². The van der Waals surface area contributed by atoms with Gasteiger partial charge in [-0.2, -0.15) is 4.98 Å². The summed E-state index contributed by atoms with van der Waals surface area (Å²) in [5.74, 6) is 2.22. The number of hydrogen-bond donors (Lipinski definition) is 0. The van der Waals surface area contributed by atoms with Crippen LogP contribution in [0.3, 0.4) is 0 Å². The van der Waals surface area contributed by atoms with Gasteiger partial charge in [-0.3, -0.25) is 4.98 Å². The molecule has 0 spiro atoms. The van der Waals surface area contributed by atoms with E-state index in [2.05, 4.69) is 15.1 Å². The molecule has 0 aliphatic carbocycles. The van der Waals surface area contributed by atoms with E-state index in [1.165, 1.54) is 0 Å². The quantitative estimate of drug-likeness (QED) is 0.572. The molecule has 0 amide bonds. The largest absolute Gasteiger partial charge is 0.497 e. The Morgan fingerprint density at radius 1 is 1.09 bits per heavy atom. The number of hydrogen-bond acceptors (Lipinski definition) is 6. The van der Waals surface area contributed by atoms with Crippen molar-refractivity contribution in [1.29, 1.82) is 0 Å². The molecule has 23 heavy (non-hydrogen) atoms. The zero-order valence-electron chi connectivity index (χ0n) is 12.6. The van der Waals surface area contributed by atoms with Gasteiger partial charge >= 0.3 is 0 Å². The van der Waals surface area contributed by atoms with Crippen LogP contribution in [0.15, 0.2) is 51.7 Å². The van der Waals surface area contributed by atoms with E-state index in [9.17, 15) is 0 Å². The first-order chi connectivity index (χ1) is 11.3. The highest BCUT2D eigenvalue weighted by Gasteiger charge is 2.19. The summed E-state index contributed by atoms with van der Waals surface area (Å²) in [4.78, 5) is 8.39. The van der Waals surface area contributed by atoms with Crippen molar-refractivity contribution in [2.45, 2.75) is 6.92 Å². The molecule has 0 unspecified atom stereocenters. The molecule has 4 aromatic rings. The summed E-state index contributed by atoms with van der Waals surface area (Å²) < 4.78 is 16.5. The smallest absolute Gasteiger partial charge is 0.258 e. The third kappa shape index (κ3) is 2.24. The highest BCUT2D eigenvalue weighted by Crippen LogP contribution is 2.34. The van der Waals surface area contributed by atoms with Crippen molar-refractivity contribution in [3.05, 3.63) is 48.3 Å². The molecule has 6 nitrogen and oxygen atoms in total. The van der Waals surface area contributed by atoms with Crippen LogP contribution >= 0.6 is 0 Å². The molecule has 0 radical (unpaired) electrons. The molecule has 6 heteroatoms. The Hall–Kier alpha value is -3.15. The number of ether oxygens (including phenoxy) is 1. The van der Waals surface area contributed by atoms with Crippen LogP contribution in [-0.4, -0.2) is 22.2 Å². The van der Waals surface area contributed by atoms with Crippen molar-refractivity contribution >= 4 is 11.0 Å². The van der Waals surface area contributed by atoms with Crippen LogP contribution in [0.4, 0.5) is 0 Å². The average Bonchev–Trinajstić information content (AvgIpc) is 3.20. The van der Waals surface area contributed by atoms with Gasteiger partial charge in [0.15, 0.2) is 5.76 Å². The summed E-state index contributed by atoms with van der Waals surface area (Å²) in [7, 11) is 1.64. The van der Waals surface area contributed by atoms with E-state index >= 15 is 0 Å². The van der Waals surface area contributed by atoms with Crippen LogP contribution in [0.25, 0.3) is 34.0 Å². The van der Waals surface area contributed by atoms with E-state index in [4.69, 9.17) is 13.7 Å². The molecule has 3 heterocycles. The van der Waals surface area contributed by atoms with Crippen molar-refractivity contribution in [1.82, 2.24) is 15.1 Å². The first-order valence-corrected chi connectivity index (χ1v) is 7.08. The van der Waals surface area contributed by atoms with Gasteiger partial charge in [0.2, 0.25) is 5.82 Å². The Balaban J connectivity index is 1.81. The van der Waals surface area contributed by atoms with E-state index in [0.29, 0.717) is 17.5 Å². The van der Waals surface area contributed by atoms with Crippen molar-refractivity contribution in [2.75, 3.05) is 7.11 Å². The van der Waals surface area contributed by atoms with E-state index in [1.807, 2.05) is 37.3 Å². The van der Waals surface area contributed by atoms with Crippen LogP contribution in [-0.2, 0) is 0 Å². The maximum atomic E-state index is 5.88. The fourth-order valence-corrected chi connectivity index (χ4v) is 2.47. The van der Waals surface area contributed by atoms with Crippen LogP contribution in [0.1, 0.15) is 5.56 Å². The van der Waals surface area contributed by atoms with Gasteiger partial charge in [-0.25, -0.2) is 0 Å². The van der Waals surface area contributed by atoms with E-state index in [-0.39, 0.29) is 0 Å². The molecule has 3 aromatic heterocycles. The number of aryl methyl sites for hydroxylation is 1. The maximum absolute atomic E-state index is 5.88. The minimum atomic E-state index is 0.421. The summed E-state index contributed by atoms with van der Waals surface area (Å²) in [6, 6.07) is 9.28. The Morgan fingerprint density at radius 3 is 2.70 bits per heavy atom. The lowest BCUT2D eigenvalue weighted by atomic mass is 10.1. The zero-order valence-corrected chi connectivity index (χ0v) is 12.6. The van der Waals surface area contributed by atoms with Gasteiger partial charge < -0.3 is 13.7 Å². The van der Waals surface area contributed by atoms with Crippen LogP contribution in [0.2, 0.25) is 0 Å². The average molecular weight is 307 g/mol. The van der Waals surface area contributed by atoms with Gasteiger partial charge in [0.05, 0.1) is 7.11 Å². The second-order valence-electron chi connectivity index (χ2n) is 5.08. The molecule has 4 rings (SSSR count). The molecular formula is C17H13N3O3. The second kappa shape index (κ2) is 5.24. The fraction of sp³-hybridized carbons (Fsp3) is 0.118. The lowest BCUT2D eigenvalue weighted by Crippen LogP contribution is -1.82. The highest BCUT2D eigenvalue weighted by molar-refractivity contribution is 5.87. The number of aromatic nitrogens is 3. The first-order valence-electron chi connectivity index (χ1n) is 7.08. The van der Waals surface area contributed by atoms with Gasteiger partial charge in [0, 0.05) is 28.9 Å². The van der Waals surface area contributed by atoms with Crippen LogP contribution < -0.4 is 4.74 Å². The summed E-state index contributed by atoms with van der Waals surface area (Å²) in [6.07, 6.45) is 3.36. The number of fused-ring (bicyclic) bond motifs is 1. The van der Waals surface area contributed by atoms with Crippen molar-refractivity contribution in [3.63, 3.8) is 0 Å². The molecule has 0 saturated heterocycles. The molecule has 0 saturated carbocycles. The number of rotatable bonds is 3. The minimum absolute atomic E-state index is 0.421. The fourth-order valence-electron chi connectivity index (χ4n) is 2.47. The predicted octanol–water partition coefficient (Wildman–Crippen LogP) is 3.86. The SMILES string of the molecule is COc1ccc2oc(-c3noc(-c4ccncc4)n3)c(C)c2c1. The molecule has 0 aliphatic rings. The molecule has 114 valence electrons. The standard InChI is InChI=1S/C17H13N3O3/c1-10-13-9-12(21-2)3-4-14(13)22-15(10)16-19-17(23-20-16)11-5-7-18-8-6-11/h3-9H,1-2H3. The van der Waals surface area contributed by atoms with Crippen molar-refractivity contribution < 1.29 is 13.7 Å². The molecule has 1 aromatic carbocycles. The molecule has 0 aliphatic heterocycles. The molecule has 0 fully saturated rings. The molecular weight excluding hydrogens is 294 g/mol. The third-order valence-corrected chi connectivity index (χ3v) is 3.70. The van der Waals surface area contributed by atoms with Crippen molar-refractivity contribution in [2.24, 2.45) is 0 Å². The van der Waals surface area contributed by atoms with Gasteiger partial charge in [0.25, 0.3) is 5.89 Å². The number of pyridine rings is 1.